The number of para-hydroxylation sites is 1. The second-order valence-electron chi connectivity index (χ2n) is 6.99. The van der Waals surface area contributed by atoms with Crippen molar-refractivity contribution in [3.05, 3.63) is 59.6 Å². The van der Waals surface area contributed by atoms with Gasteiger partial charge in [0.05, 0.1) is 28.7 Å². The van der Waals surface area contributed by atoms with Gasteiger partial charge in [-0.25, -0.2) is 4.68 Å². The van der Waals surface area contributed by atoms with Gasteiger partial charge in [-0.15, -0.1) is 11.3 Å². The first-order valence-electron chi connectivity index (χ1n) is 9.82. The molecular weight excluding hydrogens is 386 g/mol. The molecule has 0 radical (unpaired) electrons. The zero-order valence-corrected chi connectivity index (χ0v) is 17.1. The lowest BCUT2D eigenvalue weighted by molar-refractivity contribution is -0.149. The molecule has 0 N–H and O–H groups in total. The number of carbonyl (C=O) groups is 2. The van der Waals surface area contributed by atoms with Crippen molar-refractivity contribution < 1.29 is 14.3 Å². The smallest absolute Gasteiger partial charge is 0.310 e. The minimum absolute atomic E-state index is 0.0930. The van der Waals surface area contributed by atoms with Crippen LogP contribution in [0.15, 0.2) is 54.0 Å². The molecule has 1 atom stereocenters. The summed E-state index contributed by atoms with van der Waals surface area (Å²) in [6.07, 6.45) is 3.33. The van der Waals surface area contributed by atoms with Crippen LogP contribution in [-0.4, -0.2) is 46.3 Å². The lowest BCUT2D eigenvalue weighted by Crippen LogP contribution is -2.42. The van der Waals surface area contributed by atoms with E-state index in [0.717, 1.165) is 23.4 Å². The van der Waals surface area contributed by atoms with E-state index in [9.17, 15) is 9.59 Å². The van der Waals surface area contributed by atoms with Crippen LogP contribution in [0.5, 0.6) is 0 Å². The predicted octanol–water partition coefficient (Wildman–Crippen LogP) is 4.02. The first kappa shape index (κ1) is 19.4. The second kappa shape index (κ2) is 8.61. The van der Waals surface area contributed by atoms with Gasteiger partial charge >= 0.3 is 5.97 Å². The van der Waals surface area contributed by atoms with Gasteiger partial charge in [0.15, 0.2) is 0 Å². The van der Waals surface area contributed by atoms with Crippen LogP contribution in [0.3, 0.4) is 0 Å². The fraction of sp³-hybridized carbons (Fsp3) is 0.318. The van der Waals surface area contributed by atoms with Gasteiger partial charge in [-0.2, -0.15) is 5.10 Å². The topological polar surface area (TPSA) is 64.4 Å². The Bertz CT molecular complexity index is 982. The molecule has 1 saturated heterocycles. The normalized spacial score (nSPS) is 16.6. The van der Waals surface area contributed by atoms with E-state index in [1.807, 2.05) is 47.8 Å². The van der Waals surface area contributed by atoms with Crippen molar-refractivity contribution in [3.8, 4) is 16.3 Å². The number of ether oxygens (including phenoxy) is 1. The van der Waals surface area contributed by atoms with Crippen molar-refractivity contribution in [2.45, 2.75) is 19.8 Å². The summed E-state index contributed by atoms with van der Waals surface area (Å²) in [5.41, 5.74) is 2.13. The average molecular weight is 410 g/mol. The molecule has 2 aromatic heterocycles. The average Bonchev–Trinajstić information content (AvgIpc) is 3.44. The Morgan fingerprint density at radius 2 is 2.03 bits per heavy atom. The zero-order valence-electron chi connectivity index (χ0n) is 16.3. The van der Waals surface area contributed by atoms with Crippen LogP contribution in [-0.2, 0) is 9.53 Å². The van der Waals surface area contributed by atoms with E-state index in [-0.39, 0.29) is 17.8 Å². The highest BCUT2D eigenvalue weighted by Crippen LogP contribution is 2.30. The maximum absolute atomic E-state index is 13.4. The number of carbonyl (C=O) groups excluding carboxylic acids is 2. The zero-order chi connectivity index (χ0) is 20.2. The van der Waals surface area contributed by atoms with E-state index in [1.165, 1.54) is 0 Å². The van der Waals surface area contributed by atoms with Crippen molar-refractivity contribution in [1.29, 1.82) is 0 Å². The van der Waals surface area contributed by atoms with Gasteiger partial charge in [-0.3, -0.25) is 9.59 Å². The first-order valence-corrected chi connectivity index (χ1v) is 10.7. The molecule has 1 aliphatic heterocycles. The summed E-state index contributed by atoms with van der Waals surface area (Å²) in [6, 6.07) is 13.7. The lowest BCUT2D eigenvalue weighted by atomic mass is 9.97. The number of likely N-dealkylation sites (tertiary alicyclic amines) is 1. The van der Waals surface area contributed by atoms with Crippen molar-refractivity contribution >= 4 is 23.2 Å². The van der Waals surface area contributed by atoms with Crippen LogP contribution in [0, 0.1) is 5.92 Å². The number of benzene rings is 1. The SMILES string of the molecule is CCOC(=O)[C@@H]1CCCN(C(=O)c2cn(-c3ccccc3)nc2-c2cccs2)C1. The molecule has 0 unspecified atom stereocenters. The number of thiophene rings is 1. The molecule has 1 aliphatic rings. The molecule has 3 heterocycles. The van der Waals surface area contributed by atoms with Crippen molar-refractivity contribution in [2.75, 3.05) is 19.7 Å². The highest BCUT2D eigenvalue weighted by molar-refractivity contribution is 7.13. The molecule has 0 spiro atoms. The van der Waals surface area contributed by atoms with Crippen molar-refractivity contribution in [1.82, 2.24) is 14.7 Å². The number of piperidine rings is 1. The van der Waals surface area contributed by atoms with E-state index in [2.05, 4.69) is 0 Å². The van der Waals surface area contributed by atoms with E-state index >= 15 is 0 Å². The summed E-state index contributed by atoms with van der Waals surface area (Å²) >= 11 is 1.55. The molecule has 3 aromatic rings. The summed E-state index contributed by atoms with van der Waals surface area (Å²) in [5, 5.41) is 6.69. The fourth-order valence-electron chi connectivity index (χ4n) is 3.62. The van der Waals surface area contributed by atoms with Crippen molar-refractivity contribution in [3.63, 3.8) is 0 Å². The maximum atomic E-state index is 13.4. The summed E-state index contributed by atoms with van der Waals surface area (Å²) in [5.74, 6) is -0.574. The minimum atomic E-state index is -0.262. The van der Waals surface area contributed by atoms with Gasteiger partial charge in [0.1, 0.15) is 5.69 Å². The summed E-state index contributed by atoms with van der Waals surface area (Å²) in [7, 11) is 0. The Balaban J connectivity index is 1.65. The molecule has 4 rings (SSSR count). The van der Waals surface area contributed by atoms with Crippen molar-refractivity contribution in [2.24, 2.45) is 5.92 Å². The Morgan fingerprint density at radius 3 is 2.76 bits per heavy atom. The molecule has 1 amide bonds. The van der Waals surface area contributed by atoms with Crippen LogP contribution >= 0.6 is 11.3 Å². The molecule has 0 bridgehead atoms. The van der Waals surface area contributed by atoms with Gasteiger partial charge in [0.25, 0.3) is 5.91 Å². The van der Waals surface area contributed by atoms with Gasteiger partial charge in [-0.05, 0) is 43.3 Å². The largest absolute Gasteiger partial charge is 0.466 e. The van der Waals surface area contributed by atoms with Crippen LogP contribution in [0.1, 0.15) is 30.1 Å². The molecule has 150 valence electrons. The third-order valence-electron chi connectivity index (χ3n) is 5.05. The number of hydrogen-bond donors (Lipinski definition) is 0. The molecule has 29 heavy (non-hydrogen) atoms. The Kier molecular flexibility index (Phi) is 5.76. The molecule has 0 aliphatic carbocycles. The number of rotatable bonds is 5. The summed E-state index contributed by atoms with van der Waals surface area (Å²) in [6.45, 7) is 3.18. The van der Waals surface area contributed by atoms with Crippen LogP contribution in [0.2, 0.25) is 0 Å². The number of hydrogen-bond acceptors (Lipinski definition) is 5. The van der Waals surface area contributed by atoms with Gasteiger partial charge in [0, 0.05) is 19.3 Å². The summed E-state index contributed by atoms with van der Waals surface area (Å²) < 4.78 is 6.91. The first-order chi connectivity index (χ1) is 14.2. The number of esters is 1. The summed E-state index contributed by atoms with van der Waals surface area (Å²) in [4.78, 5) is 28.3. The predicted molar refractivity (Wildman–Crippen MR) is 112 cm³/mol. The van der Waals surface area contributed by atoms with E-state index < -0.39 is 0 Å². The monoisotopic (exact) mass is 409 g/mol. The van der Waals surface area contributed by atoms with Crippen LogP contribution < -0.4 is 0 Å². The highest BCUT2D eigenvalue weighted by Gasteiger charge is 2.32. The Morgan fingerprint density at radius 1 is 1.21 bits per heavy atom. The van der Waals surface area contributed by atoms with Gasteiger partial charge < -0.3 is 9.64 Å². The quantitative estimate of drug-likeness (QED) is 0.597. The van der Waals surface area contributed by atoms with Gasteiger partial charge in [-0.1, -0.05) is 24.3 Å². The molecule has 7 heteroatoms. The standard InChI is InChI=1S/C22H23N3O3S/c1-2-28-22(27)16-8-6-12-24(14-16)21(26)18-15-25(17-9-4-3-5-10-17)23-20(18)19-11-7-13-29-19/h3-5,7,9-11,13,15-16H,2,6,8,12,14H2,1H3/t16-/m1/s1. The molecule has 0 saturated carbocycles. The van der Waals surface area contributed by atoms with Gasteiger partial charge in [0.2, 0.25) is 0 Å². The van der Waals surface area contributed by atoms with E-state index in [1.54, 1.807) is 34.0 Å². The Labute approximate surface area is 173 Å². The number of amides is 1. The highest BCUT2D eigenvalue weighted by atomic mass is 32.1. The molecular formula is C22H23N3O3S. The second-order valence-corrected chi connectivity index (χ2v) is 7.94. The number of aromatic nitrogens is 2. The third kappa shape index (κ3) is 4.10. The van der Waals surface area contributed by atoms with Crippen LogP contribution in [0.25, 0.3) is 16.3 Å². The van der Waals surface area contributed by atoms with E-state index in [0.29, 0.717) is 31.0 Å². The Hall–Kier alpha value is -2.93. The van der Waals surface area contributed by atoms with E-state index in [4.69, 9.17) is 9.84 Å². The van der Waals surface area contributed by atoms with Crippen LogP contribution in [0.4, 0.5) is 0 Å². The molecule has 1 aromatic carbocycles. The maximum Gasteiger partial charge on any atom is 0.310 e. The molecule has 6 nitrogen and oxygen atoms in total. The molecule has 1 fully saturated rings. The fourth-order valence-corrected chi connectivity index (χ4v) is 4.35. The lowest BCUT2D eigenvalue weighted by Gasteiger charge is -2.31. The minimum Gasteiger partial charge on any atom is -0.466 e. The number of nitrogens with zero attached hydrogens (tertiary/aromatic N) is 3. The third-order valence-corrected chi connectivity index (χ3v) is 5.93.